The molecule has 1 aliphatic carbocycles. The van der Waals surface area contributed by atoms with Gasteiger partial charge < -0.3 is 24.8 Å². The molecule has 1 amide bonds. The molecule has 0 radical (unpaired) electrons. The molecule has 1 aromatic heterocycles. The van der Waals surface area contributed by atoms with Gasteiger partial charge in [0.1, 0.15) is 11.9 Å². The van der Waals surface area contributed by atoms with Crippen molar-refractivity contribution in [2.45, 2.75) is 41.4 Å². The lowest BCUT2D eigenvalue weighted by molar-refractivity contribution is -0.148. The van der Waals surface area contributed by atoms with E-state index in [1.54, 1.807) is 32.4 Å². The summed E-state index contributed by atoms with van der Waals surface area (Å²) < 4.78 is 16.7. The fourth-order valence-electron chi connectivity index (χ4n) is 3.75. The summed E-state index contributed by atoms with van der Waals surface area (Å²) in [5.41, 5.74) is -0.918. The Labute approximate surface area is 198 Å². The lowest BCUT2D eigenvalue weighted by atomic mass is 10.1. The van der Waals surface area contributed by atoms with E-state index in [4.69, 9.17) is 25.8 Å². The molecule has 4 atom stereocenters. The van der Waals surface area contributed by atoms with Crippen molar-refractivity contribution in [1.29, 1.82) is 0 Å². The first-order chi connectivity index (χ1) is 14.9. The van der Waals surface area contributed by atoms with Crippen molar-refractivity contribution in [2.24, 2.45) is 0 Å². The van der Waals surface area contributed by atoms with Gasteiger partial charge in [0.25, 0.3) is 0 Å². The lowest BCUT2D eigenvalue weighted by Crippen LogP contribution is -2.51. The molecule has 2 fully saturated rings. The minimum absolute atomic E-state index is 0.0289. The number of hydrogen-bond donors (Lipinski definition) is 2. The first kappa shape index (κ1) is 22.3. The molecule has 1 saturated heterocycles. The summed E-state index contributed by atoms with van der Waals surface area (Å²) in [5.74, 6) is 0.458. The van der Waals surface area contributed by atoms with Crippen molar-refractivity contribution in [3.05, 3.63) is 29.4 Å². The van der Waals surface area contributed by atoms with Crippen molar-refractivity contribution in [3.8, 4) is 11.6 Å². The van der Waals surface area contributed by atoms with Crippen LogP contribution in [-0.2, 0) is 14.3 Å². The molecule has 4 rings (SSSR count). The van der Waals surface area contributed by atoms with E-state index in [2.05, 4.69) is 38.2 Å². The average Bonchev–Trinajstić information content (AvgIpc) is 3.17. The van der Waals surface area contributed by atoms with Crippen molar-refractivity contribution in [2.75, 3.05) is 20.3 Å². The van der Waals surface area contributed by atoms with Crippen LogP contribution in [0.15, 0.2) is 24.4 Å². The molecule has 0 bridgehead atoms. The van der Waals surface area contributed by atoms with Gasteiger partial charge in [-0.05, 0) is 31.5 Å². The standard InChI is InChI=1S/C21H23ClIN3O5/c1-3-30-20(28)21(8-17(21)23)26-18(27)15-7-12(9-24-15)31-19-14-6-11(22)4-5-13(14)16(29-2)10-25-19/h4-6,10,12,15,17,24H,3,7-9H2,1-2H3,(H,26,27)/t12-,15+,17-,21-/m1/s1. The number of alkyl halides is 1. The number of rotatable bonds is 7. The maximum atomic E-state index is 12.8. The van der Waals surface area contributed by atoms with Crippen LogP contribution < -0.4 is 20.1 Å². The van der Waals surface area contributed by atoms with E-state index in [-0.39, 0.29) is 28.5 Å². The highest BCUT2D eigenvalue weighted by Gasteiger charge is 2.62. The van der Waals surface area contributed by atoms with E-state index < -0.39 is 11.6 Å². The number of aromatic nitrogens is 1. The summed E-state index contributed by atoms with van der Waals surface area (Å²) in [6, 6.07) is 4.96. The number of pyridine rings is 1. The third kappa shape index (κ3) is 4.40. The summed E-state index contributed by atoms with van der Waals surface area (Å²) in [6.07, 6.45) is 2.38. The van der Waals surface area contributed by atoms with Crippen molar-refractivity contribution < 1.29 is 23.8 Å². The molecule has 2 aliphatic rings. The number of amides is 1. The molecule has 2 aromatic rings. The number of carbonyl (C=O) groups excluding carboxylic acids is 2. The number of nitrogens with zero attached hydrogens (tertiary/aromatic N) is 1. The van der Waals surface area contributed by atoms with Crippen LogP contribution in [0.5, 0.6) is 11.6 Å². The summed E-state index contributed by atoms with van der Waals surface area (Å²) in [6.45, 7) is 2.51. The molecule has 0 spiro atoms. The van der Waals surface area contributed by atoms with Gasteiger partial charge in [0.05, 0.1) is 26.0 Å². The maximum Gasteiger partial charge on any atom is 0.332 e. The number of esters is 1. The van der Waals surface area contributed by atoms with E-state index in [1.807, 2.05) is 6.07 Å². The lowest BCUT2D eigenvalue weighted by Gasteiger charge is -2.19. The minimum Gasteiger partial charge on any atom is -0.494 e. The molecule has 1 saturated carbocycles. The largest absolute Gasteiger partial charge is 0.494 e. The Morgan fingerprint density at radius 1 is 1.39 bits per heavy atom. The zero-order valence-corrected chi connectivity index (χ0v) is 20.0. The number of ether oxygens (including phenoxy) is 3. The van der Waals surface area contributed by atoms with Crippen molar-refractivity contribution in [3.63, 3.8) is 0 Å². The number of methoxy groups -OCH3 is 1. The molecule has 0 unspecified atom stereocenters. The molecule has 31 heavy (non-hydrogen) atoms. The highest BCUT2D eigenvalue weighted by Crippen LogP contribution is 2.44. The molecule has 1 aliphatic heterocycles. The quantitative estimate of drug-likeness (QED) is 0.306. The van der Waals surface area contributed by atoms with E-state index in [1.165, 1.54) is 0 Å². The number of halogens is 2. The number of fused-ring (bicyclic) bond motifs is 1. The molecule has 166 valence electrons. The molecule has 8 nitrogen and oxygen atoms in total. The Morgan fingerprint density at radius 2 is 2.16 bits per heavy atom. The van der Waals surface area contributed by atoms with Crippen LogP contribution in [0.1, 0.15) is 19.8 Å². The summed E-state index contributed by atoms with van der Waals surface area (Å²) in [4.78, 5) is 29.5. The third-order valence-electron chi connectivity index (χ3n) is 5.54. The predicted molar refractivity (Wildman–Crippen MR) is 124 cm³/mol. The fourth-order valence-corrected chi connectivity index (χ4v) is 5.03. The first-order valence-electron chi connectivity index (χ1n) is 10.0. The Balaban J connectivity index is 1.44. The Hall–Kier alpha value is -1.85. The second-order valence-electron chi connectivity index (χ2n) is 7.61. The third-order valence-corrected chi connectivity index (χ3v) is 7.28. The second kappa shape index (κ2) is 8.95. The zero-order valence-electron chi connectivity index (χ0n) is 17.1. The van der Waals surface area contributed by atoms with Crippen molar-refractivity contribution in [1.82, 2.24) is 15.6 Å². The van der Waals surface area contributed by atoms with E-state index in [0.717, 1.165) is 10.8 Å². The van der Waals surface area contributed by atoms with E-state index in [0.29, 0.717) is 36.0 Å². The second-order valence-corrected chi connectivity index (χ2v) is 9.55. The fraction of sp³-hybridized carbons (Fsp3) is 0.476. The van der Waals surface area contributed by atoms with Gasteiger partial charge in [0.15, 0.2) is 5.54 Å². The van der Waals surface area contributed by atoms with Gasteiger partial charge in [-0.25, -0.2) is 9.78 Å². The van der Waals surface area contributed by atoms with Gasteiger partial charge in [-0.3, -0.25) is 4.79 Å². The van der Waals surface area contributed by atoms with Gasteiger partial charge in [0.2, 0.25) is 11.8 Å². The van der Waals surface area contributed by atoms with E-state index in [9.17, 15) is 9.59 Å². The number of nitrogens with one attached hydrogen (secondary N) is 2. The first-order valence-corrected chi connectivity index (χ1v) is 11.7. The summed E-state index contributed by atoms with van der Waals surface area (Å²) in [5, 5.41) is 8.22. The van der Waals surface area contributed by atoms with Gasteiger partial charge in [-0.1, -0.05) is 34.2 Å². The Kier molecular flexibility index (Phi) is 6.45. The zero-order chi connectivity index (χ0) is 22.2. The van der Waals surface area contributed by atoms with Crippen LogP contribution in [-0.4, -0.2) is 58.7 Å². The van der Waals surface area contributed by atoms with Crippen molar-refractivity contribution >= 4 is 56.8 Å². The molecule has 1 aromatic carbocycles. The summed E-state index contributed by atoms with van der Waals surface area (Å²) in [7, 11) is 1.58. The van der Waals surface area contributed by atoms with Crippen LogP contribution in [0, 0.1) is 0 Å². The number of hydrogen-bond acceptors (Lipinski definition) is 7. The molecule has 2 N–H and O–H groups in total. The van der Waals surface area contributed by atoms with E-state index >= 15 is 0 Å². The van der Waals surface area contributed by atoms with Crippen LogP contribution in [0.4, 0.5) is 0 Å². The Morgan fingerprint density at radius 3 is 2.84 bits per heavy atom. The molecule has 2 heterocycles. The van der Waals surface area contributed by atoms with Crippen LogP contribution in [0.2, 0.25) is 5.02 Å². The monoisotopic (exact) mass is 559 g/mol. The highest BCUT2D eigenvalue weighted by atomic mass is 127. The molecular formula is C21H23ClIN3O5. The molecular weight excluding hydrogens is 537 g/mol. The highest BCUT2D eigenvalue weighted by molar-refractivity contribution is 14.1. The number of benzene rings is 1. The average molecular weight is 560 g/mol. The van der Waals surface area contributed by atoms with Gasteiger partial charge in [0, 0.05) is 32.7 Å². The maximum absolute atomic E-state index is 12.8. The van der Waals surface area contributed by atoms with Crippen LogP contribution in [0.25, 0.3) is 10.8 Å². The van der Waals surface area contributed by atoms with Gasteiger partial charge in [-0.2, -0.15) is 0 Å². The number of carbonyl (C=O) groups is 2. The summed E-state index contributed by atoms with van der Waals surface area (Å²) >= 11 is 8.33. The normalized spacial score (nSPS) is 27.0. The predicted octanol–water partition coefficient (Wildman–Crippen LogP) is 2.63. The van der Waals surface area contributed by atoms with Crippen LogP contribution in [0.3, 0.4) is 0 Å². The SMILES string of the molecule is CCOC(=O)[C@@]1(NC(=O)[C@@H]2C[C@@H](Oc3ncc(OC)c4ccc(Cl)cc34)CN2)C[C@H]1I. The minimum atomic E-state index is -0.918. The van der Waals surface area contributed by atoms with Gasteiger partial charge >= 0.3 is 5.97 Å². The molecule has 10 heteroatoms. The smallest absolute Gasteiger partial charge is 0.332 e. The van der Waals surface area contributed by atoms with Crippen LogP contribution >= 0.6 is 34.2 Å². The Bertz CT molecular complexity index is 1020. The topological polar surface area (TPSA) is 98.8 Å². The van der Waals surface area contributed by atoms with Gasteiger partial charge in [-0.15, -0.1) is 0 Å².